The van der Waals surface area contributed by atoms with E-state index in [1.165, 1.54) is 4.88 Å². The molecule has 5 heteroatoms. The van der Waals surface area contributed by atoms with Gasteiger partial charge in [0.25, 0.3) is 0 Å². The summed E-state index contributed by atoms with van der Waals surface area (Å²) >= 11 is 5.19. The van der Waals surface area contributed by atoms with Gasteiger partial charge in [0, 0.05) is 23.4 Å². The average molecular weight is 331 g/mol. The van der Waals surface area contributed by atoms with Crippen molar-refractivity contribution in [2.45, 2.75) is 50.6 Å². The number of carbonyl (C=O) groups is 1. The van der Waals surface area contributed by atoms with Crippen molar-refractivity contribution >= 4 is 33.2 Å². The highest BCUT2D eigenvalue weighted by molar-refractivity contribution is 9.11. The predicted molar refractivity (Wildman–Crippen MR) is 78.7 cm³/mol. The van der Waals surface area contributed by atoms with Crippen molar-refractivity contribution in [3.63, 3.8) is 0 Å². The maximum Gasteiger partial charge on any atom is 0.220 e. The molecule has 0 radical (unpaired) electrons. The average Bonchev–Trinajstić information content (AvgIpc) is 2.88. The summed E-state index contributed by atoms with van der Waals surface area (Å²) in [7, 11) is 0. The van der Waals surface area contributed by atoms with Gasteiger partial charge in [0.05, 0.1) is 3.79 Å². The van der Waals surface area contributed by atoms with E-state index in [2.05, 4.69) is 33.4 Å². The van der Waals surface area contributed by atoms with Crippen LogP contribution in [0.3, 0.4) is 0 Å². The van der Waals surface area contributed by atoms with Gasteiger partial charge < -0.3 is 11.1 Å². The maximum atomic E-state index is 11.7. The number of hydrogen-bond acceptors (Lipinski definition) is 3. The molecule has 1 aromatic heterocycles. The van der Waals surface area contributed by atoms with Crippen LogP contribution in [0.1, 0.15) is 37.0 Å². The molecule has 2 unspecified atom stereocenters. The van der Waals surface area contributed by atoms with E-state index in [0.717, 1.165) is 35.9 Å². The zero-order valence-electron chi connectivity index (χ0n) is 10.3. The largest absolute Gasteiger partial charge is 0.353 e. The molecule has 0 bridgehead atoms. The lowest BCUT2D eigenvalue weighted by atomic mass is 10.2. The van der Waals surface area contributed by atoms with Crippen molar-refractivity contribution in [3.8, 4) is 0 Å². The molecule has 1 heterocycles. The Hall–Kier alpha value is -0.390. The molecular formula is C13H19BrN2OS. The van der Waals surface area contributed by atoms with Crippen molar-refractivity contribution in [1.82, 2.24) is 5.32 Å². The van der Waals surface area contributed by atoms with Crippen molar-refractivity contribution in [3.05, 3.63) is 20.8 Å². The van der Waals surface area contributed by atoms with Crippen LogP contribution in [0.25, 0.3) is 0 Å². The van der Waals surface area contributed by atoms with Crippen LogP contribution in [0.5, 0.6) is 0 Å². The van der Waals surface area contributed by atoms with Crippen molar-refractivity contribution in [2.24, 2.45) is 5.73 Å². The van der Waals surface area contributed by atoms with E-state index >= 15 is 0 Å². The first kappa shape index (κ1) is 14.0. The number of carbonyl (C=O) groups excluding carboxylic acids is 1. The number of thiophene rings is 1. The summed E-state index contributed by atoms with van der Waals surface area (Å²) in [5.41, 5.74) is 5.82. The minimum atomic E-state index is 0.171. The van der Waals surface area contributed by atoms with E-state index in [1.54, 1.807) is 11.3 Å². The number of hydrogen-bond donors (Lipinski definition) is 2. The fraction of sp³-hybridized carbons (Fsp3) is 0.615. The first-order chi connectivity index (χ1) is 8.63. The quantitative estimate of drug-likeness (QED) is 0.872. The fourth-order valence-electron chi connectivity index (χ4n) is 2.36. The second-order valence-electron chi connectivity index (χ2n) is 4.90. The summed E-state index contributed by atoms with van der Waals surface area (Å²) in [6, 6.07) is 4.75. The van der Waals surface area contributed by atoms with Gasteiger partial charge in [-0.1, -0.05) is 0 Å². The molecule has 0 aromatic carbocycles. The Bertz CT molecular complexity index is 407. The maximum absolute atomic E-state index is 11.7. The number of aryl methyl sites for hydroxylation is 1. The van der Waals surface area contributed by atoms with Crippen LogP contribution in [-0.2, 0) is 11.2 Å². The molecule has 1 aliphatic rings. The lowest BCUT2D eigenvalue weighted by Crippen LogP contribution is -2.33. The van der Waals surface area contributed by atoms with Gasteiger partial charge in [-0.25, -0.2) is 0 Å². The van der Waals surface area contributed by atoms with Gasteiger partial charge in [-0.2, -0.15) is 0 Å². The predicted octanol–water partition coefficient (Wildman–Crippen LogP) is 2.83. The molecule has 1 fully saturated rings. The van der Waals surface area contributed by atoms with E-state index < -0.39 is 0 Å². The molecule has 100 valence electrons. The van der Waals surface area contributed by atoms with E-state index in [0.29, 0.717) is 12.5 Å². The van der Waals surface area contributed by atoms with E-state index in [9.17, 15) is 4.79 Å². The molecule has 18 heavy (non-hydrogen) atoms. The topological polar surface area (TPSA) is 55.1 Å². The minimum Gasteiger partial charge on any atom is -0.353 e. The van der Waals surface area contributed by atoms with Crippen LogP contribution in [-0.4, -0.2) is 18.0 Å². The molecule has 3 N–H and O–H groups in total. The van der Waals surface area contributed by atoms with Gasteiger partial charge >= 0.3 is 0 Å². The zero-order valence-corrected chi connectivity index (χ0v) is 12.7. The third kappa shape index (κ3) is 4.37. The highest BCUT2D eigenvalue weighted by Crippen LogP contribution is 2.23. The van der Waals surface area contributed by atoms with Crippen LogP contribution < -0.4 is 11.1 Å². The second-order valence-corrected chi connectivity index (χ2v) is 7.44. The van der Waals surface area contributed by atoms with Gasteiger partial charge in [-0.05, 0) is 60.2 Å². The molecule has 0 saturated heterocycles. The number of rotatable bonds is 5. The highest BCUT2D eigenvalue weighted by atomic mass is 79.9. The highest BCUT2D eigenvalue weighted by Gasteiger charge is 2.22. The smallest absolute Gasteiger partial charge is 0.220 e. The molecule has 3 nitrogen and oxygen atoms in total. The third-order valence-corrected chi connectivity index (χ3v) is 4.98. The first-order valence-corrected chi connectivity index (χ1v) is 8.03. The van der Waals surface area contributed by atoms with Crippen LogP contribution >= 0.6 is 27.3 Å². The summed E-state index contributed by atoms with van der Waals surface area (Å²) in [6.45, 7) is 0. The van der Waals surface area contributed by atoms with E-state index in [4.69, 9.17) is 5.73 Å². The Morgan fingerprint density at radius 2 is 2.33 bits per heavy atom. The standard InChI is InChI=1S/C13H19BrN2OS/c14-12-7-6-11(18-12)2-1-3-13(17)16-10-5-4-9(15)8-10/h6-7,9-10H,1-5,8,15H2,(H,16,17). The Morgan fingerprint density at radius 3 is 2.94 bits per heavy atom. The second kappa shape index (κ2) is 6.68. The summed E-state index contributed by atoms with van der Waals surface area (Å²) < 4.78 is 1.15. The molecule has 0 aliphatic heterocycles. The molecule has 2 rings (SSSR count). The lowest BCUT2D eigenvalue weighted by molar-refractivity contribution is -0.121. The van der Waals surface area contributed by atoms with Crippen molar-refractivity contribution in [2.75, 3.05) is 0 Å². The number of halogens is 1. The van der Waals surface area contributed by atoms with Gasteiger partial charge in [-0.15, -0.1) is 11.3 Å². The lowest BCUT2D eigenvalue weighted by Gasteiger charge is -2.11. The van der Waals surface area contributed by atoms with Gasteiger partial charge in [-0.3, -0.25) is 4.79 Å². The zero-order chi connectivity index (χ0) is 13.0. The van der Waals surface area contributed by atoms with Gasteiger partial charge in [0.1, 0.15) is 0 Å². The normalized spacial score (nSPS) is 23.2. The monoisotopic (exact) mass is 330 g/mol. The number of amides is 1. The van der Waals surface area contributed by atoms with Crippen LogP contribution in [0, 0.1) is 0 Å². The number of nitrogens with one attached hydrogen (secondary N) is 1. The third-order valence-electron chi connectivity index (χ3n) is 3.29. The summed E-state index contributed by atoms with van der Waals surface area (Å²) in [4.78, 5) is 13.1. The molecule has 1 saturated carbocycles. The number of nitrogens with two attached hydrogens (primary N) is 1. The molecule has 1 aliphatic carbocycles. The van der Waals surface area contributed by atoms with Gasteiger partial charge in [0.2, 0.25) is 5.91 Å². The Balaban J connectivity index is 1.63. The molecule has 1 amide bonds. The Morgan fingerprint density at radius 1 is 1.50 bits per heavy atom. The molecule has 2 atom stereocenters. The molecular weight excluding hydrogens is 312 g/mol. The van der Waals surface area contributed by atoms with Crippen LogP contribution in [0.2, 0.25) is 0 Å². The molecule has 0 spiro atoms. The Labute approximate surface area is 120 Å². The SMILES string of the molecule is NC1CCC(NC(=O)CCCc2ccc(Br)s2)C1. The van der Waals surface area contributed by atoms with Crippen molar-refractivity contribution < 1.29 is 4.79 Å². The van der Waals surface area contributed by atoms with Crippen molar-refractivity contribution in [1.29, 1.82) is 0 Å². The van der Waals surface area contributed by atoms with Crippen LogP contribution in [0.15, 0.2) is 15.9 Å². The van der Waals surface area contributed by atoms with E-state index in [-0.39, 0.29) is 11.9 Å². The minimum absolute atomic E-state index is 0.171. The summed E-state index contributed by atoms with van der Waals surface area (Å²) in [6.07, 6.45) is 5.51. The first-order valence-electron chi connectivity index (χ1n) is 6.42. The van der Waals surface area contributed by atoms with Gasteiger partial charge in [0.15, 0.2) is 0 Å². The Kier molecular flexibility index (Phi) is 5.21. The van der Waals surface area contributed by atoms with E-state index in [1.807, 2.05) is 0 Å². The summed E-state index contributed by atoms with van der Waals surface area (Å²) in [5, 5.41) is 3.08. The fourth-order valence-corrected chi connectivity index (χ4v) is 3.88. The van der Waals surface area contributed by atoms with Crippen LogP contribution in [0.4, 0.5) is 0 Å². The molecule has 1 aromatic rings. The summed E-state index contributed by atoms with van der Waals surface area (Å²) in [5.74, 6) is 0.171.